The van der Waals surface area contributed by atoms with Crippen molar-refractivity contribution in [2.24, 2.45) is 17.3 Å². The van der Waals surface area contributed by atoms with Crippen LogP contribution in [0.4, 0.5) is 0 Å². The van der Waals surface area contributed by atoms with E-state index in [0.717, 1.165) is 12.3 Å². The SMILES string of the molecule is CC1SCCN(C(=O)C2C(C(=O)O)C2(C)C)C1C. The van der Waals surface area contributed by atoms with Crippen molar-refractivity contribution in [1.82, 2.24) is 4.90 Å². The van der Waals surface area contributed by atoms with E-state index >= 15 is 0 Å². The van der Waals surface area contributed by atoms with Gasteiger partial charge in [0.25, 0.3) is 0 Å². The highest BCUT2D eigenvalue weighted by atomic mass is 32.2. The Morgan fingerprint density at radius 3 is 2.39 bits per heavy atom. The van der Waals surface area contributed by atoms with Gasteiger partial charge in [-0.05, 0) is 12.3 Å². The highest BCUT2D eigenvalue weighted by Crippen LogP contribution is 2.59. The number of aliphatic carboxylic acids is 1. The molecule has 4 nitrogen and oxygen atoms in total. The van der Waals surface area contributed by atoms with Crippen molar-refractivity contribution in [2.45, 2.75) is 39.0 Å². The first kappa shape index (κ1) is 13.7. The maximum absolute atomic E-state index is 12.5. The van der Waals surface area contributed by atoms with Crippen LogP contribution in [-0.2, 0) is 9.59 Å². The second-order valence-corrected chi connectivity index (χ2v) is 7.45. The summed E-state index contributed by atoms with van der Waals surface area (Å²) in [6.45, 7) is 8.68. The molecule has 1 N–H and O–H groups in total. The number of hydrogen-bond acceptors (Lipinski definition) is 3. The predicted molar refractivity (Wildman–Crippen MR) is 71.5 cm³/mol. The second kappa shape index (κ2) is 4.44. The highest BCUT2D eigenvalue weighted by Gasteiger charge is 2.66. The smallest absolute Gasteiger partial charge is 0.307 e. The van der Waals surface area contributed by atoms with Gasteiger partial charge in [-0.15, -0.1) is 0 Å². The molecular weight excluding hydrogens is 250 g/mol. The third kappa shape index (κ3) is 2.02. The van der Waals surface area contributed by atoms with Gasteiger partial charge in [-0.3, -0.25) is 9.59 Å². The number of nitrogens with zero attached hydrogens (tertiary/aromatic N) is 1. The van der Waals surface area contributed by atoms with E-state index < -0.39 is 17.3 Å². The molecule has 1 aliphatic carbocycles. The normalized spacial score (nSPS) is 38.3. The van der Waals surface area contributed by atoms with Crippen molar-refractivity contribution in [3.05, 3.63) is 0 Å². The van der Waals surface area contributed by atoms with E-state index in [1.54, 1.807) is 0 Å². The Balaban J connectivity index is 2.11. The Labute approximate surface area is 112 Å². The van der Waals surface area contributed by atoms with Crippen molar-refractivity contribution < 1.29 is 14.7 Å². The summed E-state index contributed by atoms with van der Waals surface area (Å²) in [4.78, 5) is 25.5. The minimum Gasteiger partial charge on any atom is -0.481 e. The third-order valence-electron chi connectivity index (χ3n) is 4.53. The first-order valence-corrected chi connectivity index (χ1v) is 7.48. The van der Waals surface area contributed by atoms with Gasteiger partial charge >= 0.3 is 5.97 Å². The van der Waals surface area contributed by atoms with Crippen LogP contribution in [0, 0.1) is 17.3 Å². The summed E-state index contributed by atoms with van der Waals surface area (Å²) in [7, 11) is 0. The third-order valence-corrected chi connectivity index (χ3v) is 5.86. The Hall–Kier alpha value is -0.710. The summed E-state index contributed by atoms with van der Waals surface area (Å²) in [6, 6.07) is 0.196. The lowest BCUT2D eigenvalue weighted by atomic mass is 10.1. The average Bonchev–Trinajstić information content (AvgIpc) is 2.85. The number of thioether (sulfide) groups is 1. The molecule has 2 fully saturated rings. The Morgan fingerprint density at radius 2 is 1.89 bits per heavy atom. The second-order valence-electron chi connectivity index (χ2n) is 5.96. The van der Waals surface area contributed by atoms with E-state index in [-0.39, 0.29) is 17.9 Å². The van der Waals surface area contributed by atoms with E-state index in [2.05, 4.69) is 13.8 Å². The topological polar surface area (TPSA) is 57.6 Å². The lowest BCUT2D eigenvalue weighted by molar-refractivity contribution is -0.142. The molecule has 1 amide bonds. The summed E-state index contributed by atoms with van der Waals surface area (Å²) < 4.78 is 0. The van der Waals surface area contributed by atoms with E-state index in [1.165, 1.54) is 0 Å². The summed E-state index contributed by atoms with van der Waals surface area (Å²) >= 11 is 1.88. The van der Waals surface area contributed by atoms with Crippen LogP contribution in [0.1, 0.15) is 27.7 Å². The van der Waals surface area contributed by atoms with E-state index in [9.17, 15) is 9.59 Å². The fraction of sp³-hybridized carbons (Fsp3) is 0.846. The fourth-order valence-electron chi connectivity index (χ4n) is 2.98. The summed E-state index contributed by atoms with van der Waals surface area (Å²) in [5.74, 6) is -0.713. The van der Waals surface area contributed by atoms with Gasteiger partial charge in [-0.25, -0.2) is 0 Å². The van der Waals surface area contributed by atoms with Crippen LogP contribution < -0.4 is 0 Å². The Kier molecular flexibility index (Phi) is 3.38. The molecule has 4 atom stereocenters. The molecule has 5 heteroatoms. The maximum Gasteiger partial charge on any atom is 0.307 e. The molecule has 1 heterocycles. The molecule has 4 unspecified atom stereocenters. The zero-order chi connectivity index (χ0) is 13.7. The molecule has 0 radical (unpaired) electrons. The molecule has 1 saturated heterocycles. The van der Waals surface area contributed by atoms with Gasteiger partial charge in [0.05, 0.1) is 11.8 Å². The van der Waals surface area contributed by atoms with E-state index in [0.29, 0.717) is 5.25 Å². The van der Waals surface area contributed by atoms with Gasteiger partial charge in [-0.1, -0.05) is 20.8 Å². The molecule has 18 heavy (non-hydrogen) atoms. The molecule has 1 aliphatic heterocycles. The van der Waals surface area contributed by atoms with Crippen LogP contribution in [0.15, 0.2) is 0 Å². The van der Waals surface area contributed by atoms with Crippen LogP contribution in [0.3, 0.4) is 0 Å². The van der Waals surface area contributed by atoms with Gasteiger partial charge in [-0.2, -0.15) is 11.8 Å². The zero-order valence-corrected chi connectivity index (χ0v) is 12.2. The van der Waals surface area contributed by atoms with Crippen LogP contribution >= 0.6 is 11.8 Å². The van der Waals surface area contributed by atoms with Crippen molar-refractivity contribution in [3.63, 3.8) is 0 Å². The quantitative estimate of drug-likeness (QED) is 0.830. The summed E-state index contributed by atoms with van der Waals surface area (Å²) in [5.41, 5.74) is -0.392. The van der Waals surface area contributed by atoms with E-state index in [1.807, 2.05) is 30.5 Å². The minimum atomic E-state index is -0.842. The molecule has 0 bridgehead atoms. The first-order valence-electron chi connectivity index (χ1n) is 6.43. The largest absolute Gasteiger partial charge is 0.481 e. The predicted octanol–water partition coefficient (Wildman–Crippen LogP) is 1.70. The molecule has 0 spiro atoms. The molecular formula is C13H21NO3S. The maximum atomic E-state index is 12.5. The van der Waals surface area contributed by atoms with E-state index in [4.69, 9.17) is 5.11 Å². The van der Waals surface area contributed by atoms with Gasteiger partial charge in [0.15, 0.2) is 0 Å². The van der Waals surface area contributed by atoms with Crippen molar-refractivity contribution in [3.8, 4) is 0 Å². The number of hydrogen-bond donors (Lipinski definition) is 1. The number of carbonyl (C=O) groups is 2. The van der Waals surface area contributed by atoms with Crippen LogP contribution in [0.2, 0.25) is 0 Å². The monoisotopic (exact) mass is 271 g/mol. The van der Waals surface area contributed by atoms with Crippen LogP contribution in [0.25, 0.3) is 0 Å². The highest BCUT2D eigenvalue weighted by molar-refractivity contribution is 8.00. The zero-order valence-electron chi connectivity index (χ0n) is 11.3. The minimum absolute atomic E-state index is 0.0343. The summed E-state index contributed by atoms with van der Waals surface area (Å²) in [5, 5.41) is 9.57. The molecule has 0 aromatic carbocycles. The number of rotatable bonds is 2. The number of amides is 1. The van der Waals surface area contributed by atoms with Gasteiger partial charge in [0.2, 0.25) is 5.91 Å². The fourth-order valence-corrected chi connectivity index (χ4v) is 4.08. The molecule has 0 aromatic rings. The van der Waals surface area contributed by atoms with Crippen molar-refractivity contribution in [1.29, 1.82) is 0 Å². The van der Waals surface area contributed by atoms with Crippen LogP contribution in [0.5, 0.6) is 0 Å². The lowest BCUT2D eigenvalue weighted by Crippen LogP contribution is -2.49. The standard InChI is InChI=1S/C13H21NO3S/c1-7-8(2)18-6-5-14(7)11(15)9-10(12(16)17)13(9,3)4/h7-10H,5-6H2,1-4H3,(H,16,17). The lowest BCUT2D eigenvalue weighted by Gasteiger charge is -2.38. The molecule has 102 valence electrons. The molecule has 2 aliphatic rings. The number of carboxylic acids is 1. The van der Waals surface area contributed by atoms with Crippen molar-refractivity contribution >= 4 is 23.6 Å². The van der Waals surface area contributed by atoms with Gasteiger partial charge < -0.3 is 10.0 Å². The Bertz CT molecular complexity index is 382. The van der Waals surface area contributed by atoms with Crippen molar-refractivity contribution in [2.75, 3.05) is 12.3 Å². The molecule has 1 saturated carbocycles. The molecule has 0 aromatic heterocycles. The average molecular weight is 271 g/mol. The number of carboxylic acid groups (broad SMARTS) is 1. The Morgan fingerprint density at radius 1 is 1.28 bits per heavy atom. The van der Waals surface area contributed by atoms with Gasteiger partial charge in [0.1, 0.15) is 0 Å². The first-order chi connectivity index (χ1) is 8.28. The van der Waals surface area contributed by atoms with Gasteiger partial charge in [0, 0.05) is 23.6 Å². The molecule has 2 rings (SSSR count). The van der Waals surface area contributed by atoms with Crippen LogP contribution in [-0.4, -0.2) is 45.5 Å². The number of carbonyl (C=O) groups excluding carboxylic acids is 1. The summed E-state index contributed by atoms with van der Waals surface area (Å²) in [6.07, 6.45) is 0.